The van der Waals surface area contributed by atoms with E-state index >= 15 is 0 Å². The summed E-state index contributed by atoms with van der Waals surface area (Å²) < 4.78 is 7.93. The highest BCUT2D eigenvalue weighted by Crippen LogP contribution is 2.33. The molecule has 0 radical (unpaired) electrons. The Bertz CT molecular complexity index is 519. The van der Waals surface area contributed by atoms with Crippen LogP contribution in [0.4, 0.5) is 0 Å². The highest BCUT2D eigenvalue weighted by molar-refractivity contribution is 5.79. The second kappa shape index (κ2) is 7.77. The largest absolute Gasteiger partial charge is 0.377 e. The molecule has 0 saturated carbocycles. The SMILES string of the molecule is CN=C(NCc1nncn1C)NCC1CCCOC1C(C)(C)C. The smallest absolute Gasteiger partial charge is 0.191 e. The molecule has 130 valence electrons. The Kier molecular flexibility index (Phi) is 5.98. The topological polar surface area (TPSA) is 76.4 Å². The van der Waals surface area contributed by atoms with Gasteiger partial charge in [0, 0.05) is 33.2 Å². The number of rotatable bonds is 4. The highest BCUT2D eigenvalue weighted by atomic mass is 16.5. The molecule has 1 aromatic rings. The quantitative estimate of drug-likeness (QED) is 0.646. The molecule has 7 heteroatoms. The van der Waals surface area contributed by atoms with Crippen molar-refractivity contribution in [1.82, 2.24) is 25.4 Å². The van der Waals surface area contributed by atoms with Crippen LogP contribution in [0.15, 0.2) is 11.3 Å². The first-order valence-electron chi connectivity index (χ1n) is 8.31. The second-order valence-corrected chi connectivity index (χ2v) is 7.22. The van der Waals surface area contributed by atoms with Crippen LogP contribution in [-0.2, 0) is 18.3 Å². The Balaban J connectivity index is 1.85. The fourth-order valence-electron chi connectivity index (χ4n) is 3.09. The van der Waals surface area contributed by atoms with E-state index in [1.54, 1.807) is 13.4 Å². The molecular formula is C16H30N6O. The highest BCUT2D eigenvalue weighted by Gasteiger charge is 2.35. The Hall–Kier alpha value is -1.63. The number of aryl methyl sites for hydroxylation is 1. The lowest BCUT2D eigenvalue weighted by Crippen LogP contribution is -2.47. The van der Waals surface area contributed by atoms with Gasteiger partial charge in [-0.2, -0.15) is 0 Å². The summed E-state index contributed by atoms with van der Waals surface area (Å²) in [5.41, 5.74) is 0.155. The molecule has 2 atom stereocenters. The Labute approximate surface area is 138 Å². The van der Waals surface area contributed by atoms with Crippen molar-refractivity contribution < 1.29 is 4.74 Å². The first-order valence-corrected chi connectivity index (χ1v) is 8.31. The number of nitrogens with zero attached hydrogens (tertiary/aromatic N) is 4. The van der Waals surface area contributed by atoms with Crippen LogP contribution in [0.3, 0.4) is 0 Å². The van der Waals surface area contributed by atoms with E-state index in [0.717, 1.165) is 31.4 Å². The van der Waals surface area contributed by atoms with Gasteiger partial charge in [0.1, 0.15) is 6.33 Å². The van der Waals surface area contributed by atoms with E-state index in [4.69, 9.17) is 4.74 Å². The van der Waals surface area contributed by atoms with Crippen LogP contribution in [-0.4, -0.2) is 47.0 Å². The molecule has 1 aliphatic heterocycles. The summed E-state index contributed by atoms with van der Waals surface area (Å²) >= 11 is 0. The van der Waals surface area contributed by atoms with E-state index in [9.17, 15) is 0 Å². The number of ether oxygens (including phenoxy) is 1. The predicted octanol–water partition coefficient (Wildman–Crippen LogP) is 1.32. The first kappa shape index (κ1) is 17.7. The second-order valence-electron chi connectivity index (χ2n) is 7.22. The Morgan fingerprint density at radius 3 is 2.83 bits per heavy atom. The molecule has 7 nitrogen and oxygen atoms in total. The van der Waals surface area contributed by atoms with E-state index in [2.05, 4.69) is 46.6 Å². The summed E-state index contributed by atoms with van der Waals surface area (Å²) in [5, 5.41) is 14.6. The third-order valence-electron chi connectivity index (χ3n) is 4.27. The zero-order valence-corrected chi connectivity index (χ0v) is 15.0. The van der Waals surface area contributed by atoms with E-state index in [1.165, 1.54) is 6.42 Å². The summed E-state index contributed by atoms with van der Waals surface area (Å²) in [4.78, 5) is 4.28. The third-order valence-corrected chi connectivity index (χ3v) is 4.27. The predicted molar refractivity (Wildman–Crippen MR) is 91.1 cm³/mol. The van der Waals surface area contributed by atoms with Gasteiger partial charge in [-0.3, -0.25) is 4.99 Å². The van der Waals surface area contributed by atoms with Crippen molar-refractivity contribution in [3.8, 4) is 0 Å². The molecule has 2 unspecified atom stereocenters. The summed E-state index contributed by atoms with van der Waals surface area (Å²) in [7, 11) is 3.71. The molecule has 0 spiro atoms. The molecule has 0 aromatic carbocycles. The zero-order valence-electron chi connectivity index (χ0n) is 15.0. The van der Waals surface area contributed by atoms with Gasteiger partial charge in [-0.15, -0.1) is 10.2 Å². The normalized spacial score (nSPS) is 22.9. The summed E-state index contributed by atoms with van der Waals surface area (Å²) in [6.07, 6.45) is 4.29. The van der Waals surface area contributed by atoms with Gasteiger partial charge in [-0.25, -0.2) is 0 Å². The van der Waals surface area contributed by atoms with Crippen LogP contribution >= 0.6 is 0 Å². The van der Waals surface area contributed by atoms with Gasteiger partial charge in [0.15, 0.2) is 11.8 Å². The van der Waals surface area contributed by atoms with E-state index in [-0.39, 0.29) is 11.5 Å². The lowest BCUT2D eigenvalue weighted by Gasteiger charge is -2.40. The fraction of sp³-hybridized carbons (Fsp3) is 0.812. The molecular weight excluding hydrogens is 292 g/mol. The maximum Gasteiger partial charge on any atom is 0.191 e. The average Bonchev–Trinajstić information content (AvgIpc) is 2.92. The van der Waals surface area contributed by atoms with Gasteiger partial charge in [-0.1, -0.05) is 20.8 Å². The lowest BCUT2D eigenvalue weighted by atomic mass is 9.78. The van der Waals surface area contributed by atoms with E-state index < -0.39 is 0 Å². The maximum absolute atomic E-state index is 6.03. The monoisotopic (exact) mass is 322 g/mol. The number of aromatic nitrogens is 3. The maximum atomic E-state index is 6.03. The minimum absolute atomic E-state index is 0.155. The number of aliphatic imine (C=N–C) groups is 1. The van der Waals surface area contributed by atoms with Gasteiger partial charge < -0.3 is 19.9 Å². The van der Waals surface area contributed by atoms with Crippen LogP contribution in [0.1, 0.15) is 39.4 Å². The summed E-state index contributed by atoms with van der Waals surface area (Å²) in [5.74, 6) is 2.16. The van der Waals surface area contributed by atoms with Gasteiger partial charge in [-0.05, 0) is 18.3 Å². The van der Waals surface area contributed by atoms with Crippen LogP contribution in [0.2, 0.25) is 0 Å². The van der Waals surface area contributed by atoms with Crippen molar-refractivity contribution in [3.63, 3.8) is 0 Å². The fourth-order valence-corrected chi connectivity index (χ4v) is 3.09. The lowest BCUT2D eigenvalue weighted by molar-refractivity contribution is -0.0835. The molecule has 0 bridgehead atoms. The van der Waals surface area contributed by atoms with Crippen LogP contribution in [0.5, 0.6) is 0 Å². The van der Waals surface area contributed by atoms with Gasteiger partial charge >= 0.3 is 0 Å². The van der Waals surface area contributed by atoms with Crippen LogP contribution < -0.4 is 10.6 Å². The summed E-state index contributed by atoms with van der Waals surface area (Å²) in [6.45, 7) is 9.07. The minimum Gasteiger partial charge on any atom is -0.377 e. The van der Waals surface area contributed by atoms with Crippen molar-refractivity contribution in [2.75, 3.05) is 20.2 Å². The Morgan fingerprint density at radius 1 is 1.43 bits per heavy atom. The van der Waals surface area contributed by atoms with Crippen LogP contribution in [0, 0.1) is 11.3 Å². The minimum atomic E-state index is 0.155. The molecule has 2 N–H and O–H groups in total. The van der Waals surface area contributed by atoms with Crippen LogP contribution in [0.25, 0.3) is 0 Å². The molecule has 1 fully saturated rings. The first-order chi connectivity index (χ1) is 10.9. The summed E-state index contributed by atoms with van der Waals surface area (Å²) in [6, 6.07) is 0. The molecule has 0 amide bonds. The molecule has 2 heterocycles. The number of hydrogen-bond donors (Lipinski definition) is 2. The number of guanidine groups is 1. The van der Waals surface area contributed by atoms with Gasteiger partial charge in [0.05, 0.1) is 12.6 Å². The van der Waals surface area contributed by atoms with Crippen molar-refractivity contribution >= 4 is 5.96 Å². The number of nitrogens with one attached hydrogen (secondary N) is 2. The third kappa shape index (κ3) is 4.92. The Morgan fingerprint density at radius 2 is 2.22 bits per heavy atom. The zero-order chi connectivity index (χ0) is 16.9. The van der Waals surface area contributed by atoms with Crippen molar-refractivity contribution in [3.05, 3.63) is 12.2 Å². The average molecular weight is 322 g/mol. The molecule has 0 aliphatic carbocycles. The van der Waals surface area contributed by atoms with E-state index in [0.29, 0.717) is 12.5 Å². The van der Waals surface area contributed by atoms with Crippen molar-refractivity contribution in [2.24, 2.45) is 23.4 Å². The molecule has 1 aliphatic rings. The number of hydrogen-bond acceptors (Lipinski definition) is 4. The van der Waals surface area contributed by atoms with Crippen molar-refractivity contribution in [1.29, 1.82) is 0 Å². The molecule has 1 aromatic heterocycles. The molecule has 1 saturated heterocycles. The van der Waals surface area contributed by atoms with Crippen molar-refractivity contribution in [2.45, 2.75) is 46.3 Å². The standard InChI is InChI=1S/C16H30N6O/c1-16(2,3)14-12(7-6-8-23-14)9-18-15(17-4)19-10-13-21-20-11-22(13)5/h11-12,14H,6-10H2,1-5H3,(H2,17,18,19). The van der Waals surface area contributed by atoms with Gasteiger partial charge in [0.2, 0.25) is 0 Å². The molecule has 23 heavy (non-hydrogen) atoms. The van der Waals surface area contributed by atoms with E-state index in [1.807, 2.05) is 11.6 Å². The molecule has 2 rings (SSSR count). The van der Waals surface area contributed by atoms with Gasteiger partial charge in [0.25, 0.3) is 0 Å².